The number of benzene rings is 1. The molecule has 0 amide bonds. The van der Waals surface area contributed by atoms with Crippen molar-refractivity contribution in [1.29, 1.82) is 0 Å². The van der Waals surface area contributed by atoms with Crippen molar-refractivity contribution in [3.8, 4) is 0 Å². The quantitative estimate of drug-likeness (QED) is 0.251. The monoisotopic (exact) mass is 590 g/mol. The Morgan fingerprint density at radius 3 is 1.19 bits per heavy atom. The summed E-state index contributed by atoms with van der Waals surface area (Å²) in [5, 5.41) is 0. The third kappa shape index (κ3) is 4.44. The minimum absolute atomic E-state index is 0.0839. The van der Waals surface area contributed by atoms with E-state index >= 15 is 0 Å². The molecule has 1 rings (SSSR count). The Kier molecular flexibility index (Phi) is 7.53. The predicted molar refractivity (Wildman–Crippen MR) is 80.1 cm³/mol. The Balaban J connectivity index is 3.84. The van der Waals surface area contributed by atoms with Crippen LogP contribution in [0.4, 0.5) is 74.6 Å². The first-order valence-corrected chi connectivity index (χ1v) is 9.60. The summed E-state index contributed by atoms with van der Waals surface area (Å²) < 4.78 is 250. The van der Waals surface area contributed by atoms with Gasteiger partial charge in [0.05, 0.1) is 4.90 Å². The van der Waals surface area contributed by atoms with Crippen LogP contribution in [-0.2, 0) is 14.3 Å². The Morgan fingerprint density at radius 2 is 0.861 bits per heavy atom. The van der Waals surface area contributed by atoms with Crippen LogP contribution in [-0.4, -0.2) is 56.2 Å². The average molecular weight is 590 g/mol. The zero-order valence-corrected chi connectivity index (χ0v) is 17.2. The van der Waals surface area contributed by atoms with Crippen LogP contribution in [0.5, 0.6) is 0 Å². The van der Waals surface area contributed by atoms with Gasteiger partial charge in [-0.05, 0) is 19.1 Å². The van der Waals surface area contributed by atoms with E-state index < -0.39 is 62.8 Å². The van der Waals surface area contributed by atoms with Gasteiger partial charge in [-0.2, -0.15) is 83.1 Å². The average Bonchev–Trinajstić information content (AvgIpc) is 2.65. The van der Waals surface area contributed by atoms with Crippen LogP contribution in [0.25, 0.3) is 0 Å². The summed E-state index contributed by atoms with van der Waals surface area (Å²) in [6.45, 7) is 1.18. The molecule has 0 N–H and O–H groups in total. The highest BCUT2D eigenvalue weighted by Crippen LogP contribution is 2.64. The van der Waals surface area contributed by atoms with Crippen molar-refractivity contribution in [3.05, 3.63) is 29.8 Å². The SMILES string of the molecule is Cc1ccc(S(=O)(=O)OC(F)(C(F)(F)F)C(F)(F)C(F)(F)C(F)(F)C(F)(F)C(F)(F)C(F)(F)F)cc1. The van der Waals surface area contributed by atoms with Crippen LogP contribution in [0.1, 0.15) is 5.56 Å². The molecule has 0 aliphatic carbocycles. The van der Waals surface area contributed by atoms with Crippen LogP contribution in [0, 0.1) is 6.92 Å². The molecule has 0 aromatic heterocycles. The zero-order valence-electron chi connectivity index (χ0n) is 16.4. The molecular formula is C15H7F17O3S. The van der Waals surface area contributed by atoms with E-state index in [0.717, 1.165) is 0 Å². The van der Waals surface area contributed by atoms with Gasteiger partial charge in [0.1, 0.15) is 0 Å². The maximum absolute atomic E-state index is 14.3. The van der Waals surface area contributed by atoms with Gasteiger partial charge in [0.2, 0.25) is 0 Å². The van der Waals surface area contributed by atoms with Crippen LogP contribution >= 0.6 is 0 Å². The van der Waals surface area contributed by atoms with E-state index in [1.807, 2.05) is 0 Å². The maximum atomic E-state index is 14.3. The molecule has 1 aromatic rings. The van der Waals surface area contributed by atoms with Gasteiger partial charge in [0, 0.05) is 0 Å². The van der Waals surface area contributed by atoms with Gasteiger partial charge in [-0.25, -0.2) is 4.18 Å². The highest BCUT2D eigenvalue weighted by molar-refractivity contribution is 7.86. The van der Waals surface area contributed by atoms with Crippen LogP contribution in [0.2, 0.25) is 0 Å². The molecular weight excluding hydrogens is 583 g/mol. The van der Waals surface area contributed by atoms with Gasteiger partial charge in [0.25, 0.3) is 10.1 Å². The molecule has 0 aliphatic rings. The first kappa shape index (κ1) is 32.0. The van der Waals surface area contributed by atoms with Crippen molar-refractivity contribution in [2.45, 2.75) is 59.6 Å². The highest BCUT2D eigenvalue weighted by atomic mass is 32.2. The third-order valence-electron chi connectivity index (χ3n) is 4.24. The molecule has 1 aromatic carbocycles. The molecule has 3 nitrogen and oxygen atoms in total. The summed E-state index contributed by atoms with van der Waals surface area (Å²) in [6.07, 6.45) is -15.7. The normalized spacial score (nSPS) is 17.2. The zero-order chi connectivity index (χ0) is 29.2. The summed E-state index contributed by atoms with van der Waals surface area (Å²) in [7, 11) is -6.66. The second-order valence-corrected chi connectivity index (χ2v) is 8.36. The number of alkyl halides is 17. The summed E-state index contributed by atoms with van der Waals surface area (Å²) in [5.74, 6) is -51.2. The molecule has 0 aliphatic heterocycles. The van der Waals surface area contributed by atoms with Crippen molar-refractivity contribution >= 4 is 10.1 Å². The van der Waals surface area contributed by atoms with E-state index in [4.69, 9.17) is 0 Å². The Bertz CT molecular complexity index is 1060. The second kappa shape index (κ2) is 8.48. The van der Waals surface area contributed by atoms with Crippen molar-refractivity contribution < 1.29 is 87.2 Å². The van der Waals surface area contributed by atoms with E-state index in [-0.39, 0.29) is 17.7 Å². The number of hydrogen-bond donors (Lipinski definition) is 0. The minimum Gasteiger partial charge on any atom is -0.211 e. The summed E-state index contributed by atoms with van der Waals surface area (Å²) in [5.41, 5.74) is 0.0839. The maximum Gasteiger partial charge on any atom is 0.460 e. The molecule has 210 valence electrons. The molecule has 1 unspecified atom stereocenters. The van der Waals surface area contributed by atoms with Gasteiger partial charge in [-0.15, -0.1) is 0 Å². The Labute approximate surface area is 187 Å². The molecule has 0 heterocycles. The van der Waals surface area contributed by atoms with E-state index in [0.29, 0.717) is 12.1 Å². The van der Waals surface area contributed by atoms with E-state index in [1.165, 1.54) is 6.92 Å². The van der Waals surface area contributed by atoms with Gasteiger partial charge in [0.15, 0.2) is 0 Å². The first-order chi connectivity index (χ1) is 15.5. The fraction of sp³-hybridized carbons (Fsp3) is 0.600. The fourth-order valence-electron chi connectivity index (χ4n) is 2.15. The lowest BCUT2D eigenvalue weighted by Gasteiger charge is -2.43. The van der Waals surface area contributed by atoms with E-state index in [2.05, 4.69) is 4.18 Å². The molecule has 36 heavy (non-hydrogen) atoms. The lowest BCUT2D eigenvalue weighted by molar-refractivity contribution is -0.473. The third-order valence-corrected chi connectivity index (χ3v) is 5.53. The van der Waals surface area contributed by atoms with Crippen LogP contribution in [0.15, 0.2) is 29.2 Å². The van der Waals surface area contributed by atoms with Gasteiger partial charge in [-0.3, -0.25) is 0 Å². The fourth-order valence-corrected chi connectivity index (χ4v) is 3.22. The second-order valence-electron chi connectivity index (χ2n) is 6.81. The molecule has 1 atom stereocenters. The van der Waals surface area contributed by atoms with E-state index in [9.17, 15) is 83.1 Å². The van der Waals surface area contributed by atoms with Crippen LogP contribution < -0.4 is 0 Å². The van der Waals surface area contributed by atoms with Crippen molar-refractivity contribution in [1.82, 2.24) is 0 Å². The summed E-state index contributed by atoms with van der Waals surface area (Å²) in [4.78, 5) is -1.72. The highest BCUT2D eigenvalue weighted by Gasteiger charge is 2.96. The van der Waals surface area contributed by atoms with Gasteiger partial charge in [-0.1, -0.05) is 17.7 Å². The predicted octanol–water partition coefficient (Wildman–Crippen LogP) is 6.67. The molecule has 0 spiro atoms. The van der Waals surface area contributed by atoms with Gasteiger partial charge < -0.3 is 0 Å². The number of halogens is 17. The molecule has 0 fully saturated rings. The Morgan fingerprint density at radius 1 is 0.528 bits per heavy atom. The number of hydrogen-bond acceptors (Lipinski definition) is 3. The lowest BCUT2D eigenvalue weighted by atomic mass is 9.90. The summed E-state index contributed by atoms with van der Waals surface area (Å²) in [6, 6.07) is 1.71. The summed E-state index contributed by atoms with van der Waals surface area (Å²) >= 11 is 0. The van der Waals surface area contributed by atoms with Crippen molar-refractivity contribution in [2.24, 2.45) is 0 Å². The molecule has 0 bridgehead atoms. The molecule has 21 heteroatoms. The van der Waals surface area contributed by atoms with E-state index in [1.54, 1.807) is 0 Å². The van der Waals surface area contributed by atoms with Crippen molar-refractivity contribution in [3.63, 3.8) is 0 Å². The standard InChI is InChI=1S/C15H7F17O3S/c1-6-2-4-7(5-3-6)36(33,34)35-13(26,15(30,31)32)11(22,23)9(18,19)8(16,17)10(20,21)12(24,25)14(27,28)29/h2-5H,1H3. The minimum atomic E-state index is -8.83. The lowest BCUT2D eigenvalue weighted by Crippen LogP contribution is -2.75. The molecule has 0 radical (unpaired) electrons. The van der Waals surface area contributed by atoms with Crippen LogP contribution in [0.3, 0.4) is 0 Å². The first-order valence-electron chi connectivity index (χ1n) is 8.19. The molecule has 0 saturated heterocycles. The smallest absolute Gasteiger partial charge is 0.211 e. The number of aryl methyl sites for hydroxylation is 1. The van der Waals surface area contributed by atoms with Gasteiger partial charge >= 0.3 is 47.8 Å². The molecule has 0 saturated carbocycles. The number of rotatable bonds is 8. The topological polar surface area (TPSA) is 43.4 Å². The van der Waals surface area contributed by atoms with Crippen molar-refractivity contribution in [2.75, 3.05) is 0 Å². The largest absolute Gasteiger partial charge is 0.460 e. The Hall–Kier alpha value is -2.06.